The molecule has 1 aromatic carbocycles. The molecule has 3 nitrogen and oxygen atoms in total. The average molecular weight is 207 g/mol. The number of fused-ring (bicyclic) bond motifs is 1. The number of hydrogen-bond acceptors (Lipinski definition) is 3. The lowest BCUT2D eigenvalue weighted by atomic mass is 10.1. The van der Waals surface area contributed by atoms with Crippen LogP contribution in [0.4, 0.5) is 0 Å². The first-order chi connectivity index (χ1) is 6.74. The van der Waals surface area contributed by atoms with Crippen molar-refractivity contribution in [3.05, 3.63) is 23.8 Å². The topological polar surface area (TPSA) is 30.7 Å². The van der Waals surface area contributed by atoms with E-state index in [1.54, 1.807) is 0 Å². The molecule has 1 aromatic heterocycles. The van der Waals surface area contributed by atoms with Crippen molar-refractivity contribution in [3.63, 3.8) is 0 Å². The van der Waals surface area contributed by atoms with Gasteiger partial charge in [0, 0.05) is 0 Å². The van der Waals surface area contributed by atoms with E-state index in [2.05, 4.69) is 35.9 Å². The highest BCUT2D eigenvalue weighted by molar-refractivity contribution is 7.80. The van der Waals surface area contributed by atoms with Crippen LogP contribution in [0.5, 0.6) is 0 Å². The van der Waals surface area contributed by atoms with Gasteiger partial charge in [0.15, 0.2) is 0 Å². The first-order valence-electron chi connectivity index (χ1n) is 4.75. The highest BCUT2D eigenvalue weighted by atomic mass is 32.1. The summed E-state index contributed by atoms with van der Waals surface area (Å²) in [6.45, 7) is 4.12. The zero-order chi connectivity index (χ0) is 10.1. The first-order valence-corrected chi connectivity index (χ1v) is 5.26. The van der Waals surface area contributed by atoms with Crippen LogP contribution in [0.15, 0.2) is 18.2 Å². The molecule has 0 fully saturated rings. The van der Waals surface area contributed by atoms with Gasteiger partial charge in [-0.25, -0.2) is 4.68 Å². The largest absolute Gasteiger partial charge is 0.232 e. The van der Waals surface area contributed by atoms with Gasteiger partial charge in [-0.15, -0.1) is 5.10 Å². The summed E-state index contributed by atoms with van der Waals surface area (Å²) >= 11 is 4.38. The Labute approximate surface area is 88.5 Å². The fraction of sp³-hybridized carbons (Fsp3) is 0.400. The molecule has 0 unspecified atom stereocenters. The van der Waals surface area contributed by atoms with E-state index in [1.165, 1.54) is 5.56 Å². The molecule has 0 aliphatic heterocycles. The van der Waals surface area contributed by atoms with Crippen molar-refractivity contribution in [2.75, 3.05) is 0 Å². The number of benzene rings is 1. The zero-order valence-corrected chi connectivity index (χ0v) is 9.20. The summed E-state index contributed by atoms with van der Waals surface area (Å²) in [7, 11) is 0. The van der Waals surface area contributed by atoms with Crippen molar-refractivity contribution < 1.29 is 0 Å². The summed E-state index contributed by atoms with van der Waals surface area (Å²) in [5.74, 6) is 0. The monoisotopic (exact) mass is 207 g/mol. The SMILES string of the molecule is CCc1cccc2nnn([C@H](C)S)c12. The lowest BCUT2D eigenvalue weighted by Crippen LogP contribution is -2.02. The van der Waals surface area contributed by atoms with Crippen molar-refractivity contribution in [1.29, 1.82) is 0 Å². The zero-order valence-electron chi connectivity index (χ0n) is 8.31. The molecule has 0 amide bonds. The van der Waals surface area contributed by atoms with Gasteiger partial charge in [0.05, 0.1) is 10.9 Å². The van der Waals surface area contributed by atoms with E-state index in [1.807, 2.05) is 23.7 Å². The maximum Gasteiger partial charge on any atom is 0.113 e. The third kappa shape index (κ3) is 1.39. The molecular formula is C10H13N3S. The summed E-state index contributed by atoms with van der Waals surface area (Å²) in [6.07, 6.45) is 0.991. The lowest BCUT2D eigenvalue weighted by Gasteiger charge is -2.07. The van der Waals surface area contributed by atoms with Crippen molar-refractivity contribution in [2.45, 2.75) is 25.6 Å². The van der Waals surface area contributed by atoms with Crippen LogP contribution in [-0.4, -0.2) is 15.0 Å². The van der Waals surface area contributed by atoms with Crippen molar-refractivity contribution in [3.8, 4) is 0 Å². The Bertz CT molecular complexity index is 448. The molecule has 1 heterocycles. The second-order valence-corrected chi connectivity index (χ2v) is 4.05. The quantitative estimate of drug-likeness (QED) is 0.767. The molecule has 0 bridgehead atoms. The van der Waals surface area contributed by atoms with Crippen molar-refractivity contribution in [2.24, 2.45) is 0 Å². The van der Waals surface area contributed by atoms with Gasteiger partial charge in [0.25, 0.3) is 0 Å². The van der Waals surface area contributed by atoms with E-state index in [-0.39, 0.29) is 5.37 Å². The van der Waals surface area contributed by atoms with Gasteiger partial charge in [-0.05, 0) is 25.0 Å². The van der Waals surface area contributed by atoms with E-state index in [9.17, 15) is 0 Å². The molecule has 4 heteroatoms. The average Bonchev–Trinajstić information content (AvgIpc) is 2.60. The van der Waals surface area contributed by atoms with Crippen molar-refractivity contribution >= 4 is 23.7 Å². The predicted octanol–water partition coefficient (Wildman–Crippen LogP) is 2.44. The smallest absolute Gasteiger partial charge is 0.113 e. The molecular weight excluding hydrogens is 194 g/mol. The van der Waals surface area contributed by atoms with Crippen LogP contribution < -0.4 is 0 Å². The van der Waals surface area contributed by atoms with Crippen LogP contribution in [-0.2, 0) is 6.42 Å². The summed E-state index contributed by atoms with van der Waals surface area (Å²) in [4.78, 5) is 0. The Balaban J connectivity index is 2.74. The Morgan fingerprint density at radius 3 is 2.93 bits per heavy atom. The Morgan fingerprint density at radius 2 is 2.29 bits per heavy atom. The molecule has 2 rings (SSSR count). The molecule has 0 N–H and O–H groups in total. The van der Waals surface area contributed by atoms with Crippen LogP contribution in [0.25, 0.3) is 11.0 Å². The minimum atomic E-state index is 0.0627. The molecule has 0 spiro atoms. The fourth-order valence-corrected chi connectivity index (χ4v) is 1.77. The van der Waals surface area contributed by atoms with Crippen LogP contribution in [0, 0.1) is 0 Å². The summed E-state index contributed by atoms with van der Waals surface area (Å²) < 4.78 is 1.86. The normalized spacial score (nSPS) is 13.4. The minimum Gasteiger partial charge on any atom is -0.232 e. The lowest BCUT2D eigenvalue weighted by molar-refractivity contribution is 0.633. The fourth-order valence-electron chi connectivity index (χ4n) is 1.61. The number of para-hydroxylation sites is 1. The molecule has 0 radical (unpaired) electrons. The van der Waals surface area contributed by atoms with Crippen molar-refractivity contribution in [1.82, 2.24) is 15.0 Å². The van der Waals surface area contributed by atoms with Crippen LogP contribution in [0.1, 0.15) is 24.8 Å². The van der Waals surface area contributed by atoms with Gasteiger partial charge < -0.3 is 0 Å². The Morgan fingerprint density at radius 1 is 1.50 bits per heavy atom. The highest BCUT2D eigenvalue weighted by Gasteiger charge is 2.10. The number of nitrogens with zero attached hydrogens (tertiary/aromatic N) is 3. The number of thiol groups is 1. The maximum atomic E-state index is 4.38. The van der Waals surface area contributed by atoms with Gasteiger partial charge in [-0.3, -0.25) is 0 Å². The molecule has 0 saturated heterocycles. The molecule has 1 atom stereocenters. The second kappa shape index (κ2) is 3.61. The Kier molecular flexibility index (Phi) is 2.46. The van der Waals surface area contributed by atoms with E-state index in [0.717, 1.165) is 17.5 Å². The van der Waals surface area contributed by atoms with Gasteiger partial charge in [-0.1, -0.05) is 24.3 Å². The molecule has 0 aliphatic carbocycles. The number of hydrogen-bond donors (Lipinski definition) is 1. The predicted molar refractivity (Wildman–Crippen MR) is 60.6 cm³/mol. The van der Waals surface area contributed by atoms with E-state index in [0.29, 0.717) is 0 Å². The van der Waals surface area contributed by atoms with E-state index >= 15 is 0 Å². The Hall–Kier alpha value is -1.03. The van der Waals surface area contributed by atoms with Gasteiger partial charge >= 0.3 is 0 Å². The third-order valence-electron chi connectivity index (χ3n) is 2.31. The van der Waals surface area contributed by atoms with Crippen LogP contribution in [0.3, 0.4) is 0 Å². The molecule has 2 aromatic rings. The number of aryl methyl sites for hydroxylation is 1. The number of aromatic nitrogens is 3. The molecule has 14 heavy (non-hydrogen) atoms. The first kappa shape index (κ1) is 9.52. The van der Waals surface area contributed by atoms with Gasteiger partial charge in [0.2, 0.25) is 0 Å². The maximum absolute atomic E-state index is 4.38. The van der Waals surface area contributed by atoms with Gasteiger partial charge in [-0.2, -0.15) is 12.6 Å². The minimum absolute atomic E-state index is 0.0627. The molecule has 74 valence electrons. The second-order valence-electron chi connectivity index (χ2n) is 3.30. The molecule has 0 aliphatic rings. The molecule has 0 saturated carbocycles. The van der Waals surface area contributed by atoms with E-state index in [4.69, 9.17) is 0 Å². The number of rotatable bonds is 2. The summed E-state index contributed by atoms with van der Waals surface area (Å²) in [5.41, 5.74) is 3.33. The van der Waals surface area contributed by atoms with Gasteiger partial charge in [0.1, 0.15) is 5.52 Å². The van der Waals surface area contributed by atoms with Crippen LogP contribution in [0.2, 0.25) is 0 Å². The summed E-state index contributed by atoms with van der Waals surface area (Å²) in [6, 6.07) is 6.11. The standard InChI is InChI=1S/C10H13N3S/c1-3-8-5-4-6-9-10(8)13(7(2)14)12-11-9/h4-7,14H,3H2,1-2H3/t7-/m0/s1. The van der Waals surface area contributed by atoms with E-state index < -0.39 is 0 Å². The van der Waals surface area contributed by atoms with Crippen LogP contribution >= 0.6 is 12.6 Å². The highest BCUT2D eigenvalue weighted by Crippen LogP contribution is 2.21. The summed E-state index contributed by atoms with van der Waals surface area (Å²) in [5, 5.41) is 8.27. The third-order valence-corrected chi connectivity index (χ3v) is 2.53.